The van der Waals surface area contributed by atoms with E-state index in [1.807, 2.05) is 6.92 Å². The molecular formula is C11H17N3O3. The van der Waals surface area contributed by atoms with Crippen LogP contribution in [0.5, 0.6) is 0 Å². The number of carbonyl (C=O) groups is 3. The van der Waals surface area contributed by atoms with Crippen molar-refractivity contribution in [1.29, 1.82) is 0 Å². The Morgan fingerprint density at radius 1 is 1.35 bits per heavy atom. The zero-order valence-electron chi connectivity index (χ0n) is 9.76. The molecule has 17 heavy (non-hydrogen) atoms. The van der Waals surface area contributed by atoms with Crippen LogP contribution in [0.3, 0.4) is 0 Å². The lowest BCUT2D eigenvalue weighted by atomic mass is 10.00. The summed E-state index contributed by atoms with van der Waals surface area (Å²) in [6, 6.07) is -0.973. The minimum atomic E-state index is -0.973. The molecular weight excluding hydrogens is 222 g/mol. The third-order valence-electron chi connectivity index (χ3n) is 3.71. The van der Waals surface area contributed by atoms with Gasteiger partial charge in [-0.3, -0.25) is 19.3 Å². The Hall–Kier alpha value is -1.43. The van der Waals surface area contributed by atoms with Crippen LogP contribution in [0.4, 0.5) is 0 Å². The molecule has 6 nitrogen and oxygen atoms in total. The van der Waals surface area contributed by atoms with Crippen LogP contribution < -0.4 is 11.5 Å². The summed E-state index contributed by atoms with van der Waals surface area (Å²) >= 11 is 0. The molecule has 3 unspecified atom stereocenters. The molecule has 0 aromatic rings. The third-order valence-corrected chi connectivity index (χ3v) is 3.71. The van der Waals surface area contributed by atoms with Crippen molar-refractivity contribution in [3.63, 3.8) is 0 Å². The first-order valence-corrected chi connectivity index (χ1v) is 5.82. The topological polar surface area (TPSA) is 106 Å². The van der Waals surface area contributed by atoms with Gasteiger partial charge in [-0.25, -0.2) is 0 Å². The molecule has 2 aliphatic rings. The Labute approximate surface area is 99.3 Å². The van der Waals surface area contributed by atoms with E-state index >= 15 is 0 Å². The van der Waals surface area contributed by atoms with Crippen LogP contribution in [0.1, 0.15) is 19.8 Å². The van der Waals surface area contributed by atoms with E-state index < -0.39 is 11.9 Å². The molecule has 3 atom stereocenters. The Kier molecular flexibility index (Phi) is 2.91. The number of nitrogens with zero attached hydrogens (tertiary/aromatic N) is 1. The molecule has 1 aliphatic carbocycles. The number of nitrogens with two attached hydrogens (primary N) is 2. The van der Waals surface area contributed by atoms with Crippen LogP contribution in [0.25, 0.3) is 0 Å². The van der Waals surface area contributed by atoms with Gasteiger partial charge in [0.2, 0.25) is 17.7 Å². The molecule has 2 fully saturated rings. The maximum Gasteiger partial charge on any atom is 0.236 e. The number of primary amides is 1. The van der Waals surface area contributed by atoms with Gasteiger partial charge in [-0.15, -0.1) is 0 Å². The molecule has 0 aromatic heterocycles. The highest BCUT2D eigenvalue weighted by Crippen LogP contribution is 2.42. The second kappa shape index (κ2) is 4.10. The number of rotatable bonds is 3. The van der Waals surface area contributed by atoms with Crippen LogP contribution >= 0.6 is 0 Å². The lowest BCUT2D eigenvalue weighted by Gasteiger charge is -2.19. The standard InChI is InChI=1S/C11H17N3O3/c1-5-2-6-7(3-5)11(17)14(10(6)16)4-8(12)9(13)15/h5-8H,2-4,12H2,1H3,(H2,13,15). The number of likely N-dealkylation sites (tertiary alicyclic amines) is 1. The van der Waals surface area contributed by atoms with Crippen LogP contribution in [-0.4, -0.2) is 35.2 Å². The van der Waals surface area contributed by atoms with Gasteiger partial charge in [0.1, 0.15) is 6.04 Å². The van der Waals surface area contributed by atoms with Gasteiger partial charge in [0, 0.05) is 0 Å². The molecule has 0 radical (unpaired) electrons. The van der Waals surface area contributed by atoms with Crippen molar-refractivity contribution >= 4 is 17.7 Å². The highest BCUT2D eigenvalue weighted by Gasteiger charge is 2.51. The molecule has 1 aliphatic heterocycles. The molecule has 1 saturated carbocycles. The zero-order chi connectivity index (χ0) is 12.7. The summed E-state index contributed by atoms with van der Waals surface area (Å²) in [5.41, 5.74) is 10.5. The summed E-state index contributed by atoms with van der Waals surface area (Å²) in [5.74, 6) is -1.10. The number of amides is 3. The van der Waals surface area contributed by atoms with Gasteiger partial charge >= 0.3 is 0 Å². The predicted octanol–water partition coefficient (Wildman–Crippen LogP) is -1.17. The van der Waals surface area contributed by atoms with Gasteiger partial charge in [0.05, 0.1) is 18.4 Å². The molecule has 0 spiro atoms. The zero-order valence-corrected chi connectivity index (χ0v) is 9.76. The van der Waals surface area contributed by atoms with Crippen LogP contribution in [0, 0.1) is 17.8 Å². The summed E-state index contributed by atoms with van der Waals surface area (Å²) in [6.07, 6.45) is 1.50. The number of fused-ring (bicyclic) bond motifs is 1. The van der Waals surface area contributed by atoms with Crippen molar-refractivity contribution in [2.24, 2.45) is 29.2 Å². The second-order valence-corrected chi connectivity index (χ2v) is 5.09. The largest absolute Gasteiger partial charge is 0.368 e. The minimum Gasteiger partial charge on any atom is -0.368 e. The van der Waals surface area contributed by atoms with Crippen molar-refractivity contribution in [2.45, 2.75) is 25.8 Å². The summed E-state index contributed by atoms with van der Waals surface area (Å²) in [4.78, 5) is 36.0. The van der Waals surface area contributed by atoms with E-state index in [1.165, 1.54) is 0 Å². The third kappa shape index (κ3) is 1.93. The summed E-state index contributed by atoms with van der Waals surface area (Å²) in [6.45, 7) is 1.95. The van der Waals surface area contributed by atoms with E-state index in [-0.39, 0.29) is 30.2 Å². The fourth-order valence-corrected chi connectivity index (χ4v) is 2.81. The molecule has 1 heterocycles. The SMILES string of the molecule is CC1CC2C(=O)N(CC(N)C(N)=O)C(=O)C2C1. The van der Waals surface area contributed by atoms with E-state index in [0.29, 0.717) is 5.92 Å². The number of imide groups is 1. The van der Waals surface area contributed by atoms with E-state index in [9.17, 15) is 14.4 Å². The molecule has 94 valence electrons. The van der Waals surface area contributed by atoms with Crippen molar-refractivity contribution in [3.8, 4) is 0 Å². The fourth-order valence-electron chi connectivity index (χ4n) is 2.81. The van der Waals surface area contributed by atoms with Crippen LogP contribution in [0.15, 0.2) is 0 Å². The van der Waals surface area contributed by atoms with Crippen LogP contribution in [-0.2, 0) is 14.4 Å². The Bertz CT molecular complexity index is 358. The molecule has 3 amide bonds. The lowest BCUT2D eigenvalue weighted by Crippen LogP contribution is -2.48. The normalized spacial score (nSPS) is 34.0. The first-order chi connectivity index (χ1) is 7.91. The molecule has 0 aromatic carbocycles. The smallest absolute Gasteiger partial charge is 0.236 e. The Morgan fingerprint density at radius 2 is 1.82 bits per heavy atom. The summed E-state index contributed by atoms with van der Waals surface area (Å²) in [5, 5.41) is 0. The number of hydrogen-bond acceptors (Lipinski definition) is 4. The predicted molar refractivity (Wildman–Crippen MR) is 59.3 cm³/mol. The number of hydrogen-bond donors (Lipinski definition) is 2. The van der Waals surface area contributed by atoms with Gasteiger partial charge < -0.3 is 11.5 Å². The van der Waals surface area contributed by atoms with Gasteiger partial charge in [0.25, 0.3) is 0 Å². The molecule has 4 N–H and O–H groups in total. The van der Waals surface area contributed by atoms with Gasteiger partial charge in [-0.2, -0.15) is 0 Å². The highest BCUT2D eigenvalue weighted by molar-refractivity contribution is 6.05. The van der Waals surface area contributed by atoms with E-state index in [0.717, 1.165) is 17.7 Å². The molecule has 6 heteroatoms. The van der Waals surface area contributed by atoms with E-state index in [1.54, 1.807) is 0 Å². The summed E-state index contributed by atoms with van der Waals surface area (Å²) < 4.78 is 0. The van der Waals surface area contributed by atoms with E-state index in [2.05, 4.69) is 0 Å². The molecule has 1 saturated heterocycles. The van der Waals surface area contributed by atoms with Crippen molar-refractivity contribution in [1.82, 2.24) is 4.90 Å². The molecule has 2 rings (SSSR count). The second-order valence-electron chi connectivity index (χ2n) is 5.09. The Balaban J connectivity index is 2.09. The fraction of sp³-hybridized carbons (Fsp3) is 0.727. The molecule has 0 bridgehead atoms. The quantitative estimate of drug-likeness (QED) is 0.605. The monoisotopic (exact) mass is 239 g/mol. The van der Waals surface area contributed by atoms with Crippen LogP contribution in [0.2, 0.25) is 0 Å². The van der Waals surface area contributed by atoms with Crippen molar-refractivity contribution in [2.75, 3.05) is 6.54 Å². The minimum absolute atomic E-state index is 0.0889. The average Bonchev–Trinajstić information content (AvgIpc) is 2.73. The maximum absolute atomic E-state index is 12.0. The van der Waals surface area contributed by atoms with Gasteiger partial charge in [0.15, 0.2) is 0 Å². The van der Waals surface area contributed by atoms with Gasteiger partial charge in [-0.05, 0) is 18.8 Å². The highest BCUT2D eigenvalue weighted by atomic mass is 16.2. The van der Waals surface area contributed by atoms with E-state index in [4.69, 9.17) is 11.5 Å². The average molecular weight is 239 g/mol. The van der Waals surface area contributed by atoms with Crippen molar-refractivity contribution < 1.29 is 14.4 Å². The Morgan fingerprint density at radius 3 is 2.24 bits per heavy atom. The van der Waals surface area contributed by atoms with Crippen molar-refractivity contribution in [3.05, 3.63) is 0 Å². The lowest BCUT2D eigenvalue weighted by molar-refractivity contribution is -0.141. The first kappa shape index (κ1) is 12.0. The first-order valence-electron chi connectivity index (χ1n) is 5.82. The summed E-state index contributed by atoms with van der Waals surface area (Å²) in [7, 11) is 0. The van der Waals surface area contributed by atoms with Gasteiger partial charge in [-0.1, -0.05) is 6.92 Å². The number of carbonyl (C=O) groups excluding carboxylic acids is 3. The maximum atomic E-state index is 12.0.